The average molecular weight is 483 g/mol. The number of nitrogens with zero attached hydrogens (tertiary/aromatic N) is 1. The molecule has 0 saturated heterocycles. The van der Waals surface area contributed by atoms with Crippen LogP contribution in [0.1, 0.15) is 55.8 Å². The van der Waals surface area contributed by atoms with Crippen LogP contribution in [-0.4, -0.2) is 26.6 Å². The molecule has 1 amide bonds. The Labute approximate surface area is 194 Å². The van der Waals surface area contributed by atoms with Gasteiger partial charge in [0, 0.05) is 5.02 Å². The van der Waals surface area contributed by atoms with Crippen molar-refractivity contribution in [1.82, 2.24) is 5.32 Å². The van der Waals surface area contributed by atoms with Gasteiger partial charge in [-0.3, -0.25) is 9.10 Å². The molecule has 1 aliphatic carbocycles. The van der Waals surface area contributed by atoms with Gasteiger partial charge >= 0.3 is 0 Å². The number of amides is 1. The summed E-state index contributed by atoms with van der Waals surface area (Å²) in [6.07, 6.45) is 5.88. The molecule has 0 aromatic heterocycles. The maximum Gasteiger partial charge on any atom is 0.244 e. The maximum atomic E-state index is 13.2. The molecule has 0 heterocycles. The van der Waals surface area contributed by atoms with Gasteiger partial charge in [0.2, 0.25) is 15.9 Å². The van der Waals surface area contributed by atoms with Gasteiger partial charge in [0.15, 0.2) is 0 Å². The molecule has 5 nitrogen and oxygen atoms in total. The van der Waals surface area contributed by atoms with Gasteiger partial charge in [0.1, 0.15) is 6.04 Å². The highest BCUT2D eigenvalue weighted by Crippen LogP contribution is 2.33. The molecule has 168 valence electrons. The molecule has 0 aliphatic heterocycles. The van der Waals surface area contributed by atoms with Crippen molar-refractivity contribution < 1.29 is 13.2 Å². The van der Waals surface area contributed by atoms with Crippen molar-refractivity contribution in [3.8, 4) is 0 Å². The van der Waals surface area contributed by atoms with E-state index in [9.17, 15) is 13.2 Å². The summed E-state index contributed by atoms with van der Waals surface area (Å²) >= 11 is 12.4. The molecule has 2 atom stereocenters. The lowest BCUT2D eigenvalue weighted by atomic mass is 9.89. The Morgan fingerprint density at radius 3 is 2.42 bits per heavy atom. The minimum atomic E-state index is -3.80. The highest BCUT2D eigenvalue weighted by Gasteiger charge is 2.33. The minimum absolute atomic E-state index is 0.195. The Morgan fingerprint density at radius 2 is 1.77 bits per heavy atom. The number of hydrogen-bond donors (Lipinski definition) is 1. The highest BCUT2D eigenvalue weighted by molar-refractivity contribution is 7.92. The first-order chi connectivity index (χ1) is 14.6. The van der Waals surface area contributed by atoms with E-state index < -0.39 is 16.1 Å². The molecule has 1 N–H and O–H groups in total. The Bertz CT molecular complexity index is 1070. The zero-order chi connectivity index (χ0) is 22.8. The van der Waals surface area contributed by atoms with Gasteiger partial charge in [0.05, 0.1) is 23.0 Å². The fourth-order valence-corrected chi connectivity index (χ4v) is 5.75. The third-order valence-corrected chi connectivity index (χ3v) is 7.43. The van der Waals surface area contributed by atoms with Crippen molar-refractivity contribution in [3.63, 3.8) is 0 Å². The van der Waals surface area contributed by atoms with E-state index >= 15 is 0 Å². The van der Waals surface area contributed by atoms with Crippen LogP contribution in [0.25, 0.3) is 0 Å². The monoisotopic (exact) mass is 482 g/mol. The van der Waals surface area contributed by atoms with Crippen molar-refractivity contribution in [1.29, 1.82) is 0 Å². The SMILES string of the molecule is CCC(C(=O)NC(C)c1ccc2c(c1)CCCC2)N(c1cc(Cl)ccc1Cl)S(C)(=O)=O. The molecule has 8 heteroatoms. The van der Waals surface area contributed by atoms with E-state index in [0.29, 0.717) is 5.02 Å². The molecule has 0 fully saturated rings. The molecular formula is C23H28Cl2N2O3S. The van der Waals surface area contributed by atoms with Gasteiger partial charge in [-0.2, -0.15) is 0 Å². The number of sulfonamides is 1. The molecule has 2 aromatic rings. The largest absolute Gasteiger partial charge is 0.348 e. The Kier molecular flexibility index (Phi) is 7.55. The minimum Gasteiger partial charge on any atom is -0.348 e. The number of carbonyl (C=O) groups excluding carboxylic acids is 1. The highest BCUT2D eigenvalue weighted by atomic mass is 35.5. The topological polar surface area (TPSA) is 66.5 Å². The zero-order valence-electron chi connectivity index (χ0n) is 18.0. The normalized spacial score (nSPS) is 15.6. The predicted octanol–water partition coefficient (Wildman–Crippen LogP) is 5.29. The molecule has 2 unspecified atom stereocenters. The fraction of sp³-hybridized carbons (Fsp3) is 0.435. The summed E-state index contributed by atoms with van der Waals surface area (Å²) in [6, 6.07) is 9.69. The van der Waals surface area contributed by atoms with Crippen molar-refractivity contribution >= 4 is 44.8 Å². The first-order valence-electron chi connectivity index (χ1n) is 10.5. The lowest BCUT2D eigenvalue weighted by Gasteiger charge is -2.32. The number of benzene rings is 2. The van der Waals surface area contributed by atoms with E-state index in [1.165, 1.54) is 36.1 Å². The van der Waals surface area contributed by atoms with Crippen LogP contribution >= 0.6 is 23.2 Å². The van der Waals surface area contributed by atoms with Crippen LogP contribution < -0.4 is 9.62 Å². The molecule has 0 radical (unpaired) electrons. The second kappa shape index (κ2) is 9.80. The van der Waals surface area contributed by atoms with Crippen LogP contribution in [0.2, 0.25) is 10.0 Å². The summed E-state index contributed by atoms with van der Waals surface area (Å²) in [5.41, 5.74) is 3.91. The Balaban J connectivity index is 1.87. The van der Waals surface area contributed by atoms with E-state index in [4.69, 9.17) is 23.2 Å². The molecule has 31 heavy (non-hydrogen) atoms. The molecular weight excluding hydrogens is 455 g/mol. The van der Waals surface area contributed by atoms with Gasteiger partial charge in [0.25, 0.3) is 0 Å². The number of carbonyl (C=O) groups is 1. The summed E-state index contributed by atoms with van der Waals surface area (Å²) in [7, 11) is -3.80. The summed E-state index contributed by atoms with van der Waals surface area (Å²) in [6.45, 7) is 3.68. The van der Waals surface area contributed by atoms with Crippen LogP contribution in [-0.2, 0) is 27.7 Å². The lowest BCUT2D eigenvalue weighted by molar-refractivity contribution is -0.122. The molecule has 3 rings (SSSR count). The lowest BCUT2D eigenvalue weighted by Crippen LogP contribution is -2.49. The summed E-state index contributed by atoms with van der Waals surface area (Å²) in [4.78, 5) is 13.2. The number of nitrogens with one attached hydrogen (secondary N) is 1. The van der Waals surface area contributed by atoms with Crippen molar-refractivity contribution in [2.75, 3.05) is 10.6 Å². The van der Waals surface area contributed by atoms with E-state index in [1.54, 1.807) is 13.0 Å². The zero-order valence-corrected chi connectivity index (χ0v) is 20.3. The quantitative estimate of drug-likeness (QED) is 0.582. The van der Waals surface area contributed by atoms with E-state index in [2.05, 4.69) is 17.4 Å². The van der Waals surface area contributed by atoms with Gasteiger partial charge in [-0.25, -0.2) is 8.42 Å². The van der Waals surface area contributed by atoms with Crippen LogP contribution in [0.15, 0.2) is 36.4 Å². The van der Waals surface area contributed by atoms with Gasteiger partial charge in [-0.15, -0.1) is 0 Å². The van der Waals surface area contributed by atoms with E-state index in [1.807, 2.05) is 13.0 Å². The number of halogens is 2. The maximum absolute atomic E-state index is 13.2. The second-order valence-electron chi connectivity index (χ2n) is 8.04. The van der Waals surface area contributed by atoms with E-state index in [0.717, 1.165) is 29.0 Å². The van der Waals surface area contributed by atoms with Crippen LogP contribution in [0, 0.1) is 0 Å². The predicted molar refractivity (Wildman–Crippen MR) is 128 cm³/mol. The third-order valence-electron chi connectivity index (χ3n) is 5.71. The number of aryl methyl sites for hydroxylation is 2. The van der Waals surface area contributed by atoms with Crippen molar-refractivity contribution in [2.24, 2.45) is 0 Å². The number of rotatable bonds is 7. The number of hydrogen-bond acceptors (Lipinski definition) is 3. The standard InChI is InChI=1S/C23H28Cl2N2O3S/c1-4-21(27(31(3,29)30)22-14-19(24)11-12-20(22)25)23(28)26-15(2)17-10-9-16-7-5-6-8-18(16)13-17/h9-15,21H,4-8H2,1-3H3,(H,26,28). The molecule has 0 bridgehead atoms. The third kappa shape index (κ3) is 5.54. The Morgan fingerprint density at radius 1 is 1.10 bits per heavy atom. The average Bonchev–Trinajstić information content (AvgIpc) is 2.72. The first-order valence-corrected chi connectivity index (χ1v) is 13.1. The first kappa shape index (κ1) is 23.9. The fourth-order valence-electron chi connectivity index (χ4n) is 4.11. The van der Waals surface area contributed by atoms with Gasteiger partial charge in [-0.05, 0) is 73.9 Å². The molecule has 1 aliphatic rings. The second-order valence-corrected chi connectivity index (χ2v) is 10.7. The molecule has 2 aromatic carbocycles. The van der Waals surface area contributed by atoms with E-state index in [-0.39, 0.29) is 29.1 Å². The smallest absolute Gasteiger partial charge is 0.244 e. The van der Waals surface area contributed by atoms with Crippen LogP contribution in [0.3, 0.4) is 0 Å². The van der Waals surface area contributed by atoms with Gasteiger partial charge < -0.3 is 5.32 Å². The van der Waals surface area contributed by atoms with Crippen molar-refractivity contribution in [3.05, 3.63) is 63.1 Å². The van der Waals surface area contributed by atoms with Crippen LogP contribution in [0.5, 0.6) is 0 Å². The van der Waals surface area contributed by atoms with Crippen LogP contribution in [0.4, 0.5) is 5.69 Å². The summed E-state index contributed by atoms with van der Waals surface area (Å²) < 4.78 is 26.4. The summed E-state index contributed by atoms with van der Waals surface area (Å²) in [5, 5.41) is 3.54. The summed E-state index contributed by atoms with van der Waals surface area (Å²) in [5.74, 6) is -0.380. The molecule has 0 saturated carbocycles. The van der Waals surface area contributed by atoms with Gasteiger partial charge in [-0.1, -0.05) is 48.3 Å². The number of anilines is 1. The Hall–Kier alpha value is -1.76. The number of fused-ring (bicyclic) bond motifs is 1. The van der Waals surface area contributed by atoms with Crippen molar-refractivity contribution in [2.45, 2.75) is 58.0 Å². The molecule has 0 spiro atoms.